The molecule has 1 N–H and O–H groups in total. The van der Waals surface area contributed by atoms with Gasteiger partial charge in [-0.2, -0.15) is 0 Å². The fraction of sp³-hybridized carbons (Fsp3) is 0.705. The van der Waals surface area contributed by atoms with Gasteiger partial charge in [-0.1, -0.05) is 126 Å². The number of carboxylic acid groups (broad SMARTS) is 1. The summed E-state index contributed by atoms with van der Waals surface area (Å²) in [6.07, 6.45) is 41.4. The van der Waals surface area contributed by atoms with Crippen LogP contribution in [0.25, 0.3) is 0 Å². The summed E-state index contributed by atoms with van der Waals surface area (Å²) in [5.74, 6) is -1.59. The molecule has 0 aromatic heterocycles. The molecule has 0 bridgehead atoms. The Hall–Kier alpha value is -2.97. The molecule has 0 aromatic rings. The second-order valence-corrected chi connectivity index (χ2v) is 14.5. The van der Waals surface area contributed by atoms with Crippen LogP contribution in [0.15, 0.2) is 60.8 Å². The summed E-state index contributed by atoms with van der Waals surface area (Å²) >= 11 is 0. The van der Waals surface area contributed by atoms with E-state index in [2.05, 4.69) is 62.5 Å². The number of rotatable bonds is 35. The van der Waals surface area contributed by atoms with Crippen molar-refractivity contribution in [3.63, 3.8) is 0 Å². The molecule has 298 valence electrons. The van der Waals surface area contributed by atoms with Crippen LogP contribution in [0.4, 0.5) is 0 Å². The Bertz CT molecular complexity index is 1040. The molecule has 8 nitrogen and oxygen atoms in total. The Morgan fingerprint density at radius 2 is 1.12 bits per heavy atom. The van der Waals surface area contributed by atoms with Gasteiger partial charge < -0.3 is 23.8 Å². The zero-order valence-electron chi connectivity index (χ0n) is 33.7. The molecule has 8 heteroatoms. The summed E-state index contributed by atoms with van der Waals surface area (Å²) in [5.41, 5.74) is 0. The summed E-state index contributed by atoms with van der Waals surface area (Å²) < 4.78 is 17.1. The molecule has 0 rings (SSSR count). The Balaban J connectivity index is 4.50. The molecular weight excluding hydrogens is 654 g/mol. The smallest absolute Gasteiger partial charge is 0.362 e. The lowest BCUT2D eigenvalue weighted by Crippen LogP contribution is -2.50. The van der Waals surface area contributed by atoms with Crippen LogP contribution in [0.2, 0.25) is 0 Å². The van der Waals surface area contributed by atoms with Crippen LogP contribution in [0.5, 0.6) is 0 Å². The molecule has 0 fully saturated rings. The van der Waals surface area contributed by atoms with Gasteiger partial charge in [-0.3, -0.25) is 9.59 Å². The van der Waals surface area contributed by atoms with Crippen molar-refractivity contribution in [2.45, 2.75) is 161 Å². The van der Waals surface area contributed by atoms with E-state index in [1.807, 2.05) is 33.3 Å². The molecule has 0 saturated heterocycles. The molecule has 2 unspecified atom stereocenters. The van der Waals surface area contributed by atoms with Gasteiger partial charge in [-0.05, 0) is 64.2 Å². The number of quaternary nitrogens is 1. The normalized spacial score (nSPS) is 13.6. The number of allylic oxidation sites excluding steroid dienone is 10. The number of esters is 2. The minimum atomic E-state index is -0.889. The van der Waals surface area contributed by atoms with Gasteiger partial charge in [0.25, 0.3) is 0 Å². The zero-order valence-corrected chi connectivity index (χ0v) is 33.7. The number of carbonyl (C=O) groups is 3. The average Bonchev–Trinajstić information content (AvgIpc) is 3.09. The van der Waals surface area contributed by atoms with E-state index < -0.39 is 18.1 Å². The van der Waals surface area contributed by atoms with Gasteiger partial charge in [0.1, 0.15) is 6.61 Å². The molecule has 0 saturated carbocycles. The van der Waals surface area contributed by atoms with Crippen LogP contribution in [0.1, 0.15) is 149 Å². The number of nitrogens with zero attached hydrogens (tertiary/aromatic N) is 1. The monoisotopic (exact) mass is 731 g/mol. The molecular formula is C44H76NO7+. The van der Waals surface area contributed by atoms with E-state index in [0.29, 0.717) is 19.3 Å². The lowest BCUT2D eigenvalue weighted by atomic mass is 10.1. The number of likely N-dealkylation sites (N-methyl/N-ethyl adjacent to an activating group) is 1. The largest absolute Gasteiger partial charge is 0.477 e. The predicted octanol–water partition coefficient (Wildman–Crippen LogP) is 10.6. The van der Waals surface area contributed by atoms with Crippen LogP contribution in [0.3, 0.4) is 0 Å². The van der Waals surface area contributed by atoms with Crippen LogP contribution in [-0.2, 0) is 28.6 Å². The molecule has 0 spiro atoms. The lowest BCUT2D eigenvalue weighted by molar-refractivity contribution is -0.887. The van der Waals surface area contributed by atoms with Crippen molar-refractivity contribution < 1.29 is 38.2 Å². The second kappa shape index (κ2) is 35.1. The number of carboxylic acids is 1. The zero-order chi connectivity index (χ0) is 38.5. The fourth-order valence-electron chi connectivity index (χ4n) is 5.51. The van der Waals surface area contributed by atoms with Gasteiger partial charge in [0, 0.05) is 19.3 Å². The first-order valence-electron chi connectivity index (χ1n) is 20.3. The Labute approximate surface area is 318 Å². The van der Waals surface area contributed by atoms with Crippen molar-refractivity contribution in [2.24, 2.45) is 0 Å². The van der Waals surface area contributed by atoms with Crippen molar-refractivity contribution in [1.29, 1.82) is 0 Å². The quantitative estimate of drug-likeness (QED) is 0.0300. The Kier molecular flexibility index (Phi) is 33.1. The minimum Gasteiger partial charge on any atom is -0.477 e. The molecule has 2 atom stereocenters. The topological polar surface area (TPSA) is 99.1 Å². The van der Waals surface area contributed by atoms with E-state index >= 15 is 0 Å². The van der Waals surface area contributed by atoms with Gasteiger partial charge in [0.05, 0.1) is 34.4 Å². The number of unbranched alkanes of at least 4 members (excludes halogenated alkanes) is 11. The Morgan fingerprint density at radius 1 is 0.596 bits per heavy atom. The van der Waals surface area contributed by atoms with E-state index in [-0.39, 0.29) is 42.7 Å². The third-order valence-corrected chi connectivity index (χ3v) is 8.66. The standard InChI is InChI=1S/C44H75NO7/c1-6-8-10-12-14-16-18-20-21-23-24-26-28-30-32-34-42(46)51-39-40(38-50-37-36-41(44(48)49)45(3,4)5)52-43(47)35-33-31-29-27-25-22-19-17-15-13-11-9-7-2/h9,11,15,17,20-22,25,29,31,40-41H,6-8,10,12-14,16,18-19,23-24,26-28,30,32-39H2,1-5H3/p+1/b11-9-,17-15-,21-20-,25-22-,31-29-. The van der Waals surface area contributed by atoms with E-state index in [1.54, 1.807) is 0 Å². The van der Waals surface area contributed by atoms with Crippen LogP contribution in [-0.4, -0.2) is 80.6 Å². The number of hydrogen-bond donors (Lipinski definition) is 1. The molecule has 0 aliphatic rings. The number of hydrogen-bond acceptors (Lipinski definition) is 6. The van der Waals surface area contributed by atoms with Gasteiger partial charge in [0.2, 0.25) is 0 Å². The third kappa shape index (κ3) is 32.9. The van der Waals surface area contributed by atoms with Crippen LogP contribution < -0.4 is 0 Å². The maximum Gasteiger partial charge on any atom is 0.362 e. The van der Waals surface area contributed by atoms with Gasteiger partial charge in [-0.15, -0.1) is 0 Å². The molecule has 0 amide bonds. The summed E-state index contributed by atoms with van der Waals surface area (Å²) in [6, 6.07) is -0.628. The highest BCUT2D eigenvalue weighted by Crippen LogP contribution is 2.12. The first-order chi connectivity index (χ1) is 25.1. The van der Waals surface area contributed by atoms with Crippen molar-refractivity contribution in [3.8, 4) is 0 Å². The first kappa shape index (κ1) is 49.0. The molecule has 0 radical (unpaired) electrons. The molecule has 52 heavy (non-hydrogen) atoms. The van der Waals surface area contributed by atoms with E-state index in [0.717, 1.165) is 57.8 Å². The van der Waals surface area contributed by atoms with Gasteiger partial charge in [0.15, 0.2) is 12.1 Å². The molecule has 0 aliphatic carbocycles. The van der Waals surface area contributed by atoms with Crippen molar-refractivity contribution in [2.75, 3.05) is 41.0 Å². The van der Waals surface area contributed by atoms with Crippen molar-refractivity contribution >= 4 is 17.9 Å². The SMILES string of the molecule is CC/C=C\C/C=C\C/C=C\C/C=C\CCC(=O)OC(COCCC(C(=O)O)[N+](C)(C)C)COC(=O)CCCCCCC/C=C\CCCCCCCC. The summed E-state index contributed by atoms with van der Waals surface area (Å²) in [7, 11) is 5.49. The molecule has 0 heterocycles. The fourth-order valence-corrected chi connectivity index (χ4v) is 5.51. The average molecular weight is 731 g/mol. The number of ether oxygens (including phenoxy) is 3. The highest BCUT2D eigenvalue weighted by atomic mass is 16.6. The third-order valence-electron chi connectivity index (χ3n) is 8.66. The number of carbonyl (C=O) groups excluding carboxylic acids is 2. The van der Waals surface area contributed by atoms with Crippen molar-refractivity contribution in [1.82, 2.24) is 0 Å². The maximum atomic E-state index is 12.6. The molecule has 0 aliphatic heterocycles. The van der Waals surface area contributed by atoms with Gasteiger partial charge in [-0.25, -0.2) is 4.79 Å². The highest BCUT2D eigenvalue weighted by molar-refractivity contribution is 5.72. The lowest BCUT2D eigenvalue weighted by Gasteiger charge is -2.31. The first-order valence-corrected chi connectivity index (χ1v) is 20.3. The van der Waals surface area contributed by atoms with Crippen LogP contribution in [0, 0.1) is 0 Å². The van der Waals surface area contributed by atoms with E-state index in [1.165, 1.54) is 51.4 Å². The van der Waals surface area contributed by atoms with Gasteiger partial charge >= 0.3 is 17.9 Å². The predicted molar refractivity (Wildman–Crippen MR) is 215 cm³/mol. The van der Waals surface area contributed by atoms with Crippen LogP contribution >= 0.6 is 0 Å². The summed E-state index contributed by atoms with van der Waals surface area (Å²) in [4.78, 5) is 36.8. The molecule has 0 aromatic carbocycles. The van der Waals surface area contributed by atoms with Crippen molar-refractivity contribution in [3.05, 3.63) is 60.8 Å². The van der Waals surface area contributed by atoms with E-state index in [4.69, 9.17) is 14.2 Å². The summed E-state index contributed by atoms with van der Waals surface area (Å²) in [6.45, 7) is 4.51. The second-order valence-electron chi connectivity index (χ2n) is 14.5. The maximum absolute atomic E-state index is 12.6. The minimum absolute atomic E-state index is 0.0277. The highest BCUT2D eigenvalue weighted by Gasteiger charge is 2.31. The Morgan fingerprint density at radius 3 is 1.67 bits per heavy atom. The summed E-state index contributed by atoms with van der Waals surface area (Å²) in [5, 5.41) is 9.59. The number of aliphatic carboxylic acids is 1. The van der Waals surface area contributed by atoms with E-state index in [9.17, 15) is 19.5 Å².